The van der Waals surface area contributed by atoms with Crippen molar-refractivity contribution in [2.24, 2.45) is 0 Å². The maximum absolute atomic E-state index is 5.20. The van der Waals surface area contributed by atoms with E-state index in [0.717, 1.165) is 33.5 Å². The van der Waals surface area contributed by atoms with Crippen LogP contribution in [-0.4, -0.2) is 26.9 Å². The molecule has 0 atom stereocenters. The van der Waals surface area contributed by atoms with Gasteiger partial charge in [0.25, 0.3) is 0 Å². The summed E-state index contributed by atoms with van der Waals surface area (Å²) < 4.78 is 7.02. The molecule has 4 aromatic rings. The Balaban J connectivity index is 1.69. The van der Waals surface area contributed by atoms with Crippen LogP contribution in [0.4, 0.5) is 0 Å². The fourth-order valence-corrected chi connectivity index (χ4v) is 3.48. The Kier molecular flexibility index (Phi) is 3.74. The van der Waals surface area contributed by atoms with Crippen LogP contribution >= 0.6 is 11.3 Å². The van der Waals surface area contributed by atoms with Crippen LogP contribution in [0.2, 0.25) is 0 Å². The van der Waals surface area contributed by atoms with Crippen molar-refractivity contribution in [1.29, 1.82) is 0 Å². The zero-order chi connectivity index (χ0) is 16.5. The van der Waals surface area contributed by atoms with Gasteiger partial charge in [0.2, 0.25) is 4.96 Å². The second kappa shape index (κ2) is 6.05. The van der Waals surface area contributed by atoms with Gasteiger partial charge < -0.3 is 4.74 Å². The number of fused-ring (bicyclic) bond motifs is 1. The van der Waals surface area contributed by atoms with Crippen LogP contribution in [-0.2, 0) is 6.42 Å². The first-order chi connectivity index (χ1) is 11.7. The molecule has 24 heavy (non-hydrogen) atoms. The van der Waals surface area contributed by atoms with Gasteiger partial charge in [-0.2, -0.15) is 9.61 Å². The van der Waals surface area contributed by atoms with Crippen LogP contribution in [0, 0.1) is 6.92 Å². The minimum atomic E-state index is 0.750. The molecule has 0 amide bonds. The number of nitrogens with zero attached hydrogens (tertiary/aromatic N) is 4. The molecule has 2 heterocycles. The Morgan fingerprint density at radius 2 is 1.83 bits per heavy atom. The highest BCUT2D eigenvalue weighted by Crippen LogP contribution is 2.25. The molecule has 0 aliphatic heterocycles. The van der Waals surface area contributed by atoms with Gasteiger partial charge in [0, 0.05) is 12.0 Å². The molecule has 0 aliphatic rings. The molecule has 0 radical (unpaired) electrons. The summed E-state index contributed by atoms with van der Waals surface area (Å²) in [5.74, 6) is 1.57. The van der Waals surface area contributed by atoms with Gasteiger partial charge in [0.05, 0.1) is 7.11 Å². The molecule has 0 aliphatic carbocycles. The molecule has 0 fully saturated rings. The van der Waals surface area contributed by atoms with Crippen LogP contribution in [0.1, 0.15) is 16.1 Å². The highest BCUT2D eigenvalue weighted by atomic mass is 32.1. The van der Waals surface area contributed by atoms with Gasteiger partial charge in [-0.25, -0.2) is 0 Å². The summed E-state index contributed by atoms with van der Waals surface area (Å²) >= 11 is 1.58. The minimum absolute atomic E-state index is 0.750. The Morgan fingerprint density at radius 1 is 1.04 bits per heavy atom. The molecule has 2 aromatic carbocycles. The zero-order valence-electron chi connectivity index (χ0n) is 13.4. The van der Waals surface area contributed by atoms with Crippen LogP contribution < -0.4 is 4.74 Å². The Hall–Kier alpha value is -2.73. The van der Waals surface area contributed by atoms with Crippen molar-refractivity contribution in [3.8, 4) is 17.1 Å². The fraction of sp³-hybridized carbons (Fsp3) is 0.167. The largest absolute Gasteiger partial charge is 0.497 e. The van der Waals surface area contributed by atoms with E-state index in [9.17, 15) is 0 Å². The molecule has 0 saturated carbocycles. The summed E-state index contributed by atoms with van der Waals surface area (Å²) in [7, 11) is 1.66. The Morgan fingerprint density at radius 3 is 2.58 bits per heavy atom. The molecule has 120 valence electrons. The molecule has 6 heteroatoms. The molecule has 0 bridgehead atoms. The first kappa shape index (κ1) is 14.8. The van der Waals surface area contributed by atoms with Gasteiger partial charge in [-0.15, -0.1) is 10.2 Å². The number of hydrogen-bond donors (Lipinski definition) is 0. The number of ether oxygens (including phenoxy) is 1. The molecule has 0 spiro atoms. The molecule has 0 unspecified atom stereocenters. The van der Waals surface area contributed by atoms with E-state index in [4.69, 9.17) is 9.84 Å². The summed E-state index contributed by atoms with van der Waals surface area (Å²) in [6, 6.07) is 16.1. The van der Waals surface area contributed by atoms with E-state index >= 15 is 0 Å². The summed E-state index contributed by atoms with van der Waals surface area (Å²) in [4.78, 5) is 0.810. The summed E-state index contributed by atoms with van der Waals surface area (Å²) in [5, 5.41) is 14.3. The van der Waals surface area contributed by atoms with E-state index < -0.39 is 0 Å². The SMILES string of the molecule is COc1ccc(-c2nnc3sc(Cc4ccccc4C)nn23)cc1. The predicted octanol–water partition coefficient (Wildman–Crippen LogP) is 3.76. The third-order valence-electron chi connectivity index (χ3n) is 3.98. The van der Waals surface area contributed by atoms with Gasteiger partial charge in [-0.1, -0.05) is 35.6 Å². The average molecular weight is 336 g/mol. The maximum atomic E-state index is 5.20. The van der Waals surface area contributed by atoms with Crippen molar-refractivity contribution in [3.05, 3.63) is 64.7 Å². The van der Waals surface area contributed by atoms with E-state index in [1.54, 1.807) is 18.4 Å². The van der Waals surface area contributed by atoms with E-state index in [1.807, 2.05) is 28.8 Å². The second-order valence-corrected chi connectivity index (χ2v) is 6.59. The maximum Gasteiger partial charge on any atom is 0.234 e. The monoisotopic (exact) mass is 336 g/mol. The number of rotatable bonds is 4. The zero-order valence-corrected chi connectivity index (χ0v) is 14.2. The van der Waals surface area contributed by atoms with Crippen LogP contribution in [0.15, 0.2) is 48.5 Å². The van der Waals surface area contributed by atoms with Gasteiger partial charge in [0.1, 0.15) is 10.8 Å². The number of aromatic nitrogens is 4. The second-order valence-electron chi connectivity index (χ2n) is 5.55. The smallest absolute Gasteiger partial charge is 0.234 e. The molecular formula is C18H16N4OS. The third-order valence-corrected chi connectivity index (χ3v) is 4.88. The quantitative estimate of drug-likeness (QED) is 0.569. The van der Waals surface area contributed by atoms with Crippen molar-refractivity contribution < 1.29 is 4.74 Å². The van der Waals surface area contributed by atoms with Crippen LogP contribution in [0.25, 0.3) is 16.3 Å². The van der Waals surface area contributed by atoms with Crippen molar-refractivity contribution in [1.82, 2.24) is 19.8 Å². The minimum Gasteiger partial charge on any atom is -0.497 e. The van der Waals surface area contributed by atoms with Gasteiger partial charge in [-0.3, -0.25) is 0 Å². The first-order valence-corrected chi connectivity index (χ1v) is 8.46. The molecular weight excluding hydrogens is 320 g/mol. The highest BCUT2D eigenvalue weighted by Gasteiger charge is 2.14. The molecule has 0 saturated heterocycles. The molecule has 5 nitrogen and oxygen atoms in total. The molecule has 2 aromatic heterocycles. The lowest BCUT2D eigenvalue weighted by molar-refractivity contribution is 0.415. The van der Waals surface area contributed by atoms with Crippen molar-refractivity contribution in [2.45, 2.75) is 13.3 Å². The first-order valence-electron chi connectivity index (χ1n) is 7.64. The summed E-state index contributed by atoms with van der Waals surface area (Å²) in [6.07, 6.45) is 0.808. The third kappa shape index (κ3) is 2.65. The number of benzene rings is 2. The lowest BCUT2D eigenvalue weighted by Crippen LogP contribution is -1.95. The van der Waals surface area contributed by atoms with Gasteiger partial charge in [0.15, 0.2) is 5.82 Å². The van der Waals surface area contributed by atoms with Crippen molar-refractivity contribution in [3.63, 3.8) is 0 Å². The van der Waals surface area contributed by atoms with Crippen molar-refractivity contribution >= 4 is 16.3 Å². The predicted molar refractivity (Wildman–Crippen MR) is 94.6 cm³/mol. The lowest BCUT2D eigenvalue weighted by Gasteiger charge is -2.02. The van der Waals surface area contributed by atoms with E-state index in [2.05, 4.69) is 41.4 Å². The average Bonchev–Trinajstić information content (AvgIpc) is 3.17. The summed E-state index contributed by atoms with van der Waals surface area (Å²) in [6.45, 7) is 2.12. The van der Waals surface area contributed by atoms with Gasteiger partial charge in [-0.05, 0) is 42.3 Å². The fourth-order valence-electron chi connectivity index (χ4n) is 2.62. The highest BCUT2D eigenvalue weighted by molar-refractivity contribution is 7.16. The molecule has 0 N–H and O–H groups in total. The Bertz CT molecular complexity index is 988. The number of hydrogen-bond acceptors (Lipinski definition) is 5. The molecule has 4 rings (SSSR count). The van der Waals surface area contributed by atoms with E-state index in [-0.39, 0.29) is 0 Å². The number of aryl methyl sites for hydroxylation is 1. The van der Waals surface area contributed by atoms with Crippen molar-refractivity contribution in [2.75, 3.05) is 7.11 Å². The topological polar surface area (TPSA) is 52.3 Å². The summed E-state index contributed by atoms with van der Waals surface area (Å²) in [5.41, 5.74) is 3.53. The van der Waals surface area contributed by atoms with E-state index in [0.29, 0.717) is 0 Å². The van der Waals surface area contributed by atoms with Crippen LogP contribution in [0.3, 0.4) is 0 Å². The standard InChI is InChI=1S/C18H16N4OS/c1-12-5-3-4-6-14(12)11-16-21-22-17(19-20-18(22)24-16)13-7-9-15(23-2)10-8-13/h3-10H,11H2,1-2H3. The van der Waals surface area contributed by atoms with Crippen LogP contribution in [0.5, 0.6) is 5.75 Å². The number of methoxy groups -OCH3 is 1. The van der Waals surface area contributed by atoms with E-state index in [1.165, 1.54) is 11.1 Å². The lowest BCUT2D eigenvalue weighted by atomic mass is 10.1. The van der Waals surface area contributed by atoms with Gasteiger partial charge >= 0.3 is 0 Å². The Labute approximate surface area is 143 Å². The normalized spacial score (nSPS) is 11.1.